The summed E-state index contributed by atoms with van der Waals surface area (Å²) in [6.45, 7) is 4.28. The normalized spacial score (nSPS) is 18.8. The van der Waals surface area contributed by atoms with Gasteiger partial charge in [0.25, 0.3) is 0 Å². The number of fused-ring (bicyclic) bond motifs is 1. The number of H-pyrrole nitrogens is 1. The highest BCUT2D eigenvalue weighted by Crippen LogP contribution is 2.52. The van der Waals surface area contributed by atoms with Crippen molar-refractivity contribution in [1.29, 1.82) is 0 Å². The SMILES string of the molecule is CCOC(=O)N1CCN(C(=O)C2(c3c[nH]c4ccc(Cl)cc34)CC2)CC1. The molecule has 7 heteroatoms. The summed E-state index contributed by atoms with van der Waals surface area (Å²) in [5.74, 6) is 0.155. The number of rotatable bonds is 3. The zero-order chi connectivity index (χ0) is 18.3. The van der Waals surface area contributed by atoms with E-state index in [1.807, 2.05) is 29.3 Å². The Balaban J connectivity index is 1.51. The number of ether oxygens (including phenoxy) is 1. The number of amides is 2. The molecule has 6 nitrogen and oxygen atoms in total. The predicted octanol–water partition coefficient (Wildman–Crippen LogP) is 3.15. The van der Waals surface area contributed by atoms with Gasteiger partial charge in [0.15, 0.2) is 0 Å². The molecule has 1 saturated heterocycles. The summed E-state index contributed by atoms with van der Waals surface area (Å²) in [6.07, 6.45) is 3.35. The highest BCUT2D eigenvalue weighted by molar-refractivity contribution is 6.31. The molecule has 0 unspecified atom stereocenters. The number of nitrogens with zero attached hydrogens (tertiary/aromatic N) is 2. The van der Waals surface area contributed by atoms with E-state index in [0.29, 0.717) is 37.8 Å². The minimum Gasteiger partial charge on any atom is -0.450 e. The first-order valence-corrected chi connectivity index (χ1v) is 9.41. The standard InChI is InChI=1S/C19H22ClN3O3/c1-2-26-18(25)23-9-7-22(8-10-23)17(24)19(5-6-19)15-12-21-16-4-3-13(20)11-14(15)16/h3-4,11-12,21H,2,5-10H2,1H3. The molecule has 1 N–H and O–H groups in total. The molecule has 1 aromatic heterocycles. The fourth-order valence-corrected chi connectivity index (χ4v) is 3.99. The van der Waals surface area contributed by atoms with Crippen LogP contribution in [0.15, 0.2) is 24.4 Å². The molecule has 1 saturated carbocycles. The van der Waals surface area contributed by atoms with Crippen LogP contribution in [-0.4, -0.2) is 59.6 Å². The van der Waals surface area contributed by atoms with E-state index in [0.717, 1.165) is 29.3 Å². The van der Waals surface area contributed by atoms with Gasteiger partial charge in [0.1, 0.15) is 0 Å². The highest BCUT2D eigenvalue weighted by Gasteiger charge is 2.54. The number of carbonyl (C=O) groups is 2. The maximum atomic E-state index is 13.3. The molecule has 4 rings (SSSR count). The van der Waals surface area contributed by atoms with Crippen LogP contribution < -0.4 is 0 Å². The zero-order valence-corrected chi connectivity index (χ0v) is 15.5. The van der Waals surface area contributed by atoms with Gasteiger partial charge in [0.05, 0.1) is 12.0 Å². The second-order valence-corrected chi connectivity index (χ2v) is 7.39. The van der Waals surface area contributed by atoms with Gasteiger partial charge in [-0.2, -0.15) is 0 Å². The Bertz CT molecular complexity index is 851. The van der Waals surface area contributed by atoms with Gasteiger partial charge in [-0.1, -0.05) is 11.6 Å². The third kappa shape index (κ3) is 2.82. The second-order valence-electron chi connectivity index (χ2n) is 6.95. The quantitative estimate of drug-likeness (QED) is 0.896. The van der Waals surface area contributed by atoms with Crippen LogP contribution >= 0.6 is 11.6 Å². The van der Waals surface area contributed by atoms with Crippen molar-refractivity contribution in [3.63, 3.8) is 0 Å². The van der Waals surface area contributed by atoms with E-state index < -0.39 is 5.41 Å². The first-order chi connectivity index (χ1) is 12.5. The van der Waals surface area contributed by atoms with Gasteiger partial charge in [-0.05, 0) is 43.5 Å². The van der Waals surface area contributed by atoms with Crippen molar-refractivity contribution in [1.82, 2.24) is 14.8 Å². The molecular formula is C19H22ClN3O3. The Labute approximate surface area is 157 Å². The molecule has 138 valence electrons. The molecule has 1 aliphatic carbocycles. The minimum absolute atomic E-state index is 0.155. The molecule has 2 amide bonds. The van der Waals surface area contributed by atoms with E-state index in [1.54, 1.807) is 11.8 Å². The first kappa shape index (κ1) is 17.2. The molecule has 2 aromatic rings. The lowest BCUT2D eigenvalue weighted by molar-refractivity contribution is -0.135. The number of halogens is 1. The minimum atomic E-state index is -0.449. The summed E-state index contributed by atoms with van der Waals surface area (Å²) in [5, 5.41) is 1.69. The average molecular weight is 376 g/mol. The van der Waals surface area contributed by atoms with E-state index in [4.69, 9.17) is 16.3 Å². The number of nitrogens with one attached hydrogen (secondary N) is 1. The molecule has 1 aliphatic heterocycles. The van der Waals surface area contributed by atoms with Crippen LogP contribution in [0.25, 0.3) is 10.9 Å². The van der Waals surface area contributed by atoms with Crippen LogP contribution in [0.1, 0.15) is 25.3 Å². The summed E-state index contributed by atoms with van der Waals surface area (Å²) in [7, 11) is 0. The number of aromatic nitrogens is 1. The molecule has 0 spiro atoms. The van der Waals surface area contributed by atoms with Gasteiger partial charge in [-0.3, -0.25) is 4.79 Å². The topological polar surface area (TPSA) is 65.6 Å². The van der Waals surface area contributed by atoms with Crippen LogP contribution in [0.3, 0.4) is 0 Å². The summed E-state index contributed by atoms with van der Waals surface area (Å²) >= 11 is 6.16. The number of hydrogen-bond donors (Lipinski definition) is 1. The number of hydrogen-bond acceptors (Lipinski definition) is 3. The smallest absolute Gasteiger partial charge is 0.409 e. The molecule has 2 fully saturated rings. The maximum Gasteiger partial charge on any atom is 0.409 e. The van der Waals surface area contributed by atoms with Crippen LogP contribution in [0.2, 0.25) is 5.02 Å². The van der Waals surface area contributed by atoms with Crippen LogP contribution in [0, 0.1) is 0 Å². The van der Waals surface area contributed by atoms with Crippen molar-refractivity contribution in [2.24, 2.45) is 0 Å². The van der Waals surface area contributed by atoms with E-state index >= 15 is 0 Å². The predicted molar refractivity (Wildman–Crippen MR) is 99.4 cm³/mol. The largest absolute Gasteiger partial charge is 0.450 e. The fourth-order valence-electron chi connectivity index (χ4n) is 3.82. The Morgan fingerprint density at radius 3 is 2.54 bits per heavy atom. The van der Waals surface area contributed by atoms with Crippen molar-refractivity contribution < 1.29 is 14.3 Å². The lowest BCUT2D eigenvalue weighted by Gasteiger charge is -2.36. The van der Waals surface area contributed by atoms with E-state index in [2.05, 4.69) is 4.98 Å². The zero-order valence-electron chi connectivity index (χ0n) is 14.8. The average Bonchev–Trinajstić information content (AvgIpc) is 3.35. The van der Waals surface area contributed by atoms with Crippen molar-refractivity contribution in [3.8, 4) is 0 Å². The number of carbonyl (C=O) groups excluding carboxylic acids is 2. The molecule has 2 heterocycles. The van der Waals surface area contributed by atoms with Crippen LogP contribution in [0.5, 0.6) is 0 Å². The Hall–Kier alpha value is -2.21. The van der Waals surface area contributed by atoms with Crippen LogP contribution in [-0.2, 0) is 14.9 Å². The maximum absolute atomic E-state index is 13.3. The second kappa shape index (κ2) is 6.50. The summed E-state index contributed by atoms with van der Waals surface area (Å²) in [4.78, 5) is 31.9. The van der Waals surface area contributed by atoms with Gasteiger partial charge < -0.3 is 19.5 Å². The molecule has 0 atom stereocenters. The number of aromatic amines is 1. The number of benzene rings is 1. The summed E-state index contributed by atoms with van der Waals surface area (Å²) < 4.78 is 5.04. The monoisotopic (exact) mass is 375 g/mol. The molecule has 0 radical (unpaired) electrons. The molecule has 1 aromatic carbocycles. The van der Waals surface area contributed by atoms with E-state index in [9.17, 15) is 9.59 Å². The van der Waals surface area contributed by atoms with Gasteiger partial charge in [-0.25, -0.2) is 4.79 Å². The van der Waals surface area contributed by atoms with E-state index in [1.165, 1.54) is 0 Å². The molecule has 0 bridgehead atoms. The highest BCUT2D eigenvalue weighted by atomic mass is 35.5. The van der Waals surface area contributed by atoms with Crippen molar-refractivity contribution >= 4 is 34.5 Å². The summed E-state index contributed by atoms with van der Waals surface area (Å²) in [6, 6.07) is 5.72. The van der Waals surface area contributed by atoms with Gasteiger partial charge in [0.2, 0.25) is 5.91 Å². The number of piperazine rings is 1. The van der Waals surface area contributed by atoms with Gasteiger partial charge >= 0.3 is 6.09 Å². The Morgan fingerprint density at radius 2 is 1.88 bits per heavy atom. The van der Waals surface area contributed by atoms with E-state index in [-0.39, 0.29) is 12.0 Å². The molecule has 2 aliphatic rings. The van der Waals surface area contributed by atoms with Crippen LogP contribution in [0.4, 0.5) is 4.79 Å². The lowest BCUT2D eigenvalue weighted by atomic mass is 9.93. The Morgan fingerprint density at radius 1 is 1.19 bits per heavy atom. The van der Waals surface area contributed by atoms with Gasteiger partial charge in [0, 0.05) is 48.3 Å². The molecular weight excluding hydrogens is 354 g/mol. The fraction of sp³-hybridized carbons (Fsp3) is 0.474. The lowest BCUT2D eigenvalue weighted by Crippen LogP contribution is -2.53. The van der Waals surface area contributed by atoms with Gasteiger partial charge in [-0.15, -0.1) is 0 Å². The molecule has 26 heavy (non-hydrogen) atoms. The van der Waals surface area contributed by atoms with Crippen molar-refractivity contribution in [3.05, 3.63) is 35.0 Å². The third-order valence-electron chi connectivity index (χ3n) is 5.41. The first-order valence-electron chi connectivity index (χ1n) is 9.03. The summed E-state index contributed by atoms with van der Waals surface area (Å²) in [5.41, 5.74) is 1.58. The van der Waals surface area contributed by atoms with Crippen molar-refractivity contribution in [2.45, 2.75) is 25.2 Å². The third-order valence-corrected chi connectivity index (χ3v) is 5.65. The Kier molecular flexibility index (Phi) is 4.31. The van der Waals surface area contributed by atoms with Crippen molar-refractivity contribution in [2.75, 3.05) is 32.8 Å².